The molecule has 0 aliphatic rings. The highest BCUT2D eigenvalue weighted by atomic mass is 32.2. The molecule has 0 aliphatic carbocycles. The van der Waals surface area contributed by atoms with E-state index in [1.807, 2.05) is 0 Å². The van der Waals surface area contributed by atoms with Crippen LogP contribution >= 0.6 is 0 Å². The highest BCUT2D eigenvalue weighted by molar-refractivity contribution is 7.93. The van der Waals surface area contributed by atoms with Crippen LogP contribution in [0.1, 0.15) is 30.6 Å². The summed E-state index contributed by atoms with van der Waals surface area (Å²) in [5.41, 5.74) is 5.94. The number of benzene rings is 1. The Labute approximate surface area is 123 Å². The number of nitrogens with two attached hydrogens (primary N) is 1. The average Bonchev–Trinajstić information content (AvgIpc) is 2.41. The van der Waals surface area contributed by atoms with Crippen molar-refractivity contribution in [2.45, 2.75) is 25.5 Å². The van der Waals surface area contributed by atoms with Crippen molar-refractivity contribution in [3.8, 4) is 6.07 Å². The fraction of sp³-hybridized carbons (Fsp3) is 0.385. The van der Waals surface area contributed by atoms with Crippen molar-refractivity contribution >= 4 is 27.4 Å². The first-order valence-electron chi connectivity index (χ1n) is 6.33. The Morgan fingerprint density at radius 2 is 2.10 bits per heavy atom. The summed E-state index contributed by atoms with van der Waals surface area (Å²) in [6.45, 7) is 3.32. The number of hydrogen-bond acceptors (Lipinski definition) is 5. The van der Waals surface area contributed by atoms with Gasteiger partial charge < -0.3 is 10.8 Å². The molecule has 0 fully saturated rings. The molecule has 1 rings (SSSR count). The van der Waals surface area contributed by atoms with E-state index in [1.54, 1.807) is 19.9 Å². The van der Waals surface area contributed by atoms with E-state index in [0.29, 0.717) is 0 Å². The molecule has 1 atom stereocenters. The van der Waals surface area contributed by atoms with E-state index in [2.05, 4.69) is 0 Å². The third kappa shape index (κ3) is 3.25. The predicted molar refractivity (Wildman–Crippen MR) is 79.4 cm³/mol. The number of sulfonamides is 1. The second-order valence-corrected chi connectivity index (χ2v) is 6.35. The lowest BCUT2D eigenvalue weighted by molar-refractivity contribution is 0.0697. The van der Waals surface area contributed by atoms with Crippen molar-refractivity contribution in [1.29, 1.82) is 5.26 Å². The van der Waals surface area contributed by atoms with E-state index < -0.39 is 21.2 Å². The number of carbonyl (C=O) groups is 1. The molecular weight excluding hydrogens is 294 g/mol. The van der Waals surface area contributed by atoms with Gasteiger partial charge in [0.05, 0.1) is 23.0 Å². The van der Waals surface area contributed by atoms with Gasteiger partial charge in [0.25, 0.3) is 10.0 Å². The third-order valence-corrected chi connectivity index (χ3v) is 5.24. The molecule has 1 aromatic rings. The molecule has 7 nitrogen and oxygen atoms in total. The van der Waals surface area contributed by atoms with Gasteiger partial charge in [-0.25, -0.2) is 13.2 Å². The number of carboxylic acid groups (broad SMARTS) is 1. The second-order valence-electron chi connectivity index (χ2n) is 4.31. The number of nitriles is 1. The van der Waals surface area contributed by atoms with E-state index in [4.69, 9.17) is 16.1 Å². The van der Waals surface area contributed by atoms with Gasteiger partial charge in [-0.3, -0.25) is 4.31 Å². The molecular formula is C13H17N3O4S. The topological polar surface area (TPSA) is 124 Å². The molecule has 3 N–H and O–H groups in total. The van der Waals surface area contributed by atoms with Crippen LogP contribution in [0.2, 0.25) is 0 Å². The maximum absolute atomic E-state index is 12.4. The molecule has 1 unspecified atom stereocenters. The molecule has 0 heterocycles. The van der Waals surface area contributed by atoms with Crippen molar-refractivity contribution in [2.75, 3.05) is 16.6 Å². The van der Waals surface area contributed by atoms with Crippen LogP contribution in [0.5, 0.6) is 0 Å². The standard InChI is InChI=1S/C13H17N3O4S/c1-3-10(8-14)21(19,20)16(4-2)12-6-5-9(13(17)18)7-11(12)15/h5-7,10H,3-4,15H2,1-2H3,(H,17,18). The van der Waals surface area contributed by atoms with Crippen LogP contribution in [-0.2, 0) is 10.0 Å². The van der Waals surface area contributed by atoms with Gasteiger partial charge in [-0.15, -0.1) is 0 Å². The van der Waals surface area contributed by atoms with Gasteiger partial charge in [-0.2, -0.15) is 5.26 Å². The number of nitrogens with zero attached hydrogens (tertiary/aromatic N) is 2. The number of hydrogen-bond donors (Lipinski definition) is 2. The first-order chi connectivity index (χ1) is 9.79. The van der Waals surface area contributed by atoms with Crippen LogP contribution in [-0.4, -0.2) is 31.3 Å². The molecule has 0 saturated heterocycles. The van der Waals surface area contributed by atoms with Crippen LogP contribution in [0.3, 0.4) is 0 Å². The Kier molecular flexibility index (Phi) is 5.16. The van der Waals surface area contributed by atoms with E-state index in [1.165, 1.54) is 18.2 Å². The quantitative estimate of drug-likeness (QED) is 0.765. The van der Waals surface area contributed by atoms with Crippen LogP contribution < -0.4 is 10.0 Å². The maximum Gasteiger partial charge on any atom is 0.335 e. The molecule has 0 radical (unpaired) electrons. The zero-order valence-corrected chi connectivity index (χ0v) is 12.6. The summed E-state index contributed by atoms with van der Waals surface area (Å²) in [4.78, 5) is 10.9. The summed E-state index contributed by atoms with van der Waals surface area (Å²) in [6.07, 6.45) is 0.155. The van der Waals surface area contributed by atoms with Crippen molar-refractivity contribution in [3.63, 3.8) is 0 Å². The molecule has 1 aromatic carbocycles. The predicted octanol–water partition coefficient (Wildman–Crippen LogP) is 1.43. The van der Waals surface area contributed by atoms with Gasteiger partial charge >= 0.3 is 5.97 Å². The molecule has 21 heavy (non-hydrogen) atoms. The number of carboxylic acids is 1. The van der Waals surface area contributed by atoms with Gasteiger partial charge in [0, 0.05) is 6.54 Å². The summed E-state index contributed by atoms with van der Waals surface area (Å²) in [6, 6.07) is 5.57. The second kappa shape index (κ2) is 6.45. The number of anilines is 2. The maximum atomic E-state index is 12.4. The van der Waals surface area contributed by atoms with Crippen molar-refractivity contribution < 1.29 is 18.3 Å². The summed E-state index contributed by atoms with van der Waals surface area (Å²) in [5, 5.41) is 16.7. The lowest BCUT2D eigenvalue weighted by Crippen LogP contribution is -2.38. The zero-order valence-electron chi connectivity index (χ0n) is 11.8. The molecule has 8 heteroatoms. The fourth-order valence-corrected chi connectivity index (χ4v) is 3.59. The summed E-state index contributed by atoms with van der Waals surface area (Å²) < 4.78 is 25.9. The third-order valence-electron chi connectivity index (χ3n) is 3.01. The minimum atomic E-state index is -3.88. The Bertz CT molecular complexity index is 679. The molecule has 114 valence electrons. The van der Waals surface area contributed by atoms with Crippen LogP contribution in [0, 0.1) is 11.3 Å². The van der Waals surface area contributed by atoms with Crippen LogP contribution in [0.4, 0.5) is 11.4 Å². The Balaban J connectivity index is 3.36. The first kappa shape index (κ1) is 16.8. The monoisotopic (exact) mass is 311 g/mol. The molecule has 0 aromatic heterocycles. The lowest BCUT2D eigenvalue weighted by Gasteiger charge is -2.26. The summed E-state index contributed by atoms with van der Waals surface area (Å²) in [7, 11) is -3.88. The number of nitrogen functional groups attached to an aromatic ring is 1. The van der Waals surface area contributed by atoms with Gasteiger partial charge in [0.15, 0.2) is 5.25 Å². The highest BCUT2D eigenvalue weighted by Crippen LogP contribution is 2.28. The minimum absolute atomic E-state index is 0.0305. The van der Waals surface area contributed by atoms with Crippen LogP contribution in [0.25, 0.3) is 0 Å². The van der Waals surface area contributed by atoms with Gasteiger partial charge in [0.1, 0.15) is 0 Å². The van der Waals surface area contributed by atoms with Crippen LogP contribution in [0.15, 0.2) is 18.2 Å². The highest BCUT2D eigenvalue weighted by Gasteiger charge is 2.31. The minimum Gasteiger partial charge on any atom is -0.478 e. The smallest absolute Gasteiger partial charge is 0.335 e. The van der Waals surface area contributed by atoms with E-state index >= 15 is 0 Å². The molecule has 0 spiro atoms. The van der Waals surface area contributed by atoms with Crippen molar-refractivity contribution in [2.24, 2.45) is 0 Å². The van der Waals surface area contributed by atoms with Gasteiger partial charge in [-0.1, -0.05) is 6.92 Å². The normalized spacial score (nSPS) is 12.4. The molecule has 0 aliphatic heterocycles. The SMILES string of the molecule is CCC(C#N)S(=O)(=O)N(CC)c1ccc(C(=O)O)cc1N. The van der Waals surface area contributed by atoms with E-state index in [9.17, 15) is 13.2 Å². The number of aromatic carboxylic acids is 1. The Morgan fingerprint density at radius 3 is 2.48 bits per heavy atom. The van der Waals surface area contributed by atoms with E-state index in [0.717, 1.165) is 4.31 Å². The van der Waals surface area contributed by atoms with Gasteiger partial charge in [-0.05, 0) is 31.5 Å². The molecule has 0 bridgehead atoms. The molecule has 0 amide bonds. The summed E-state index contributed by atoms with van der Waals surface area (Å²) >= 11 is 0. The van der Waals surface area contributed by atoms with Crippen molar-refractivity contribution in [3.05, 3.63) is 23.8 Å². The molecule has 0 saturated carbocycles. The van der Waals surface area contributed by atoms with Crippen molar-refractivity contribution in [1.82, 2.24) is 0 Å². The van der Waals surface area contributed by atoms with E-state index in [-0.39, 0.29) is 29.9 Å². The first-order valence-corrected chi connectivity index (χ1v) is 7.83. The Hall–Kier alpha value is -2.27. The Morgan fingerprint density at radius 1 is 1.48 bits per heavy atom. The summed E-state index contributed by atoms with van der Waals surface area (Å²) in [5.74, 6) is -1.15. The average molecular weight is 311 g/mol. The zero-order chi connectivity index (χ0) is 16.2. The van der Waals surface area contributed by atoms with Gasteiger partial charge in [0.2, 0.25) is 0 Å². The fourth-order valence-electron chi connectivity index (χ4n) is 1.92. The number of rotatable bonds is 6. The lowest BCUT2D eigenvalue weighted by atomic mass is 10.2. The largest absolute Gasteiger partial charge is 0.478 e.